The van der Waals surface area contributed by atoms with Gasteiger partial charge >= 0.3 is 5.97 Å². The van der Waals surface area contributed by atoms with E-state index in [2.05, 4.69) is 0 Å². The fourth-order valence-corrected chi connectivity index (χ4v) is 2.43. The maximum atomic E-state index is 11.4. The van der Waals surface area contributed by atoms with Crippen molar-refractivity contribution >= 4 is 16.9 Å². The molecular weight excluding hydrogens is 250 g/mol. The number of carboxylic acids is 1. The van der Waals surface area contributed by atoms with Gasteiger partial charge in [-0.15, -0.1) is 0 Å². The summed E-state index contributed by atoms with van der Waals surface area (Å²) in [6, 6.07) is 13.9. The van der Waals surface area contributed by atoms with Crippen molar-refractivity contribution in [2.45, 2.75) is 13.8 Å². The third-order valence-electron chi connectivity index (χ3n) is 3.50. The van der Waals surface area contributed by atoms with Crippen LogP contribution in [0.25, 0.3) is 16.6 Å². The van der Waals surface area contributed by atoms with Gasteiger partial charge < -0.3 is 9.67 Å². The molecule has 0 bridgehead atoms. The number of hydrogen-bond donors (Lipinski definition) is 1. The van der Waals surface area contributed by atoms with Crippen molar-refractivity contribution in [3.8, 4) is 5.69 Å². The normalized spacial score (nSPS) is 10.9. The van der Waals surface area contributed by atoms with Crippen molar-refractivity contribution in [3.63, 3.8) is 0 Å². The zero-order chi connectivity index (χ0) is 14.3. The molecule has 1 aromatic heterocycles. The summed E-state index contributed by atoms with van der Waals surface area (Å²) in [4.78, 5) is 11.4. The first-order chi connectivity index (χ1) is 9.56. The number of carbonyl (C=O) groups is 1. The van der Waals surface area contributed by atoms with E-state index in [0.29, 0.717) is 5.56 Å². The lowest BCUT2D eigenvalue weighted by Crippen LogP contribution is -1.95. The number of carboxylic acid groups (broad SMARTS) is 1. The topological polar surface area (TPSA) is 42.2 Å². The zero-order valence-corrected chi connectivity index (χ0v) is 11.4. The van der Waals surface area contributed by atoms with Gasteiger partial charge in [0.05, 0.1) is 11.1 Å². The molecular formula is C17H15NO2. The average molecular weight is 265 g/mol. The van der Waals surface area contributed by atoms with Gasteiger partial charge in [-0.3, -0.25) is 0 Å². The Morgan fingerprint density at radius 2 is 1.65 bits per heavy atom. The van der Waals surface area contributed by atoms with Crippen LogP contribution in [0.15, 0.2) is 48.7 Å². The minimum absolute atomic E-state index is 0.337. The number of nitrogens with zero attached hydrogens (tertiary/aromatic N) is 1. The van der Waals surface area contributed by atoms with E-state index in [0.717, 1.165) is 22.2 Å². The van der Waals surface area contributed by atoms with E-state index < -0.39 is 5.97 Å². The molecule has 100 valence electrons. The van der Waals surface area contributed by atoms with Gasteiger partial charge in [0, 0.05) is 17.3 Å². The van der Waals surface area contributed by atoms with Crippen molar-refractivity contribution in [3.05, 3.63) is 65.4 Å². The maximum Gasteiger partial charge on any atom is 0.337 e. The molecule has 3 heteroatoms. The molecule has 2 aromatic carbocycles. The molecule has 0 aliphatic heterocycles. The number of hydrogen-bond acceptors (Lipinski definition) is 1. The summed E-state index contributed by atoms with van der Waals surface area (Å²) in [6.45, 7) is 4.00. The smallest absolute Gasteiger partial charge is 0.337 e. The first kappa shape index (κ1) is 12.5. The molecule has 1 N–H and O–H groups in total. The molecule has 1 heterocycles. The van der Waals surface area contributed by atoms with Crippen molar-refractivity contribution < 1.29 is 9.90 Å². The van der Waals surface area contributed by atoms with E-state index in [9.17, 15) is 9.90 Å². The van der Waals surface area contributed by atoms with Gasteiger partial charge in [-0.25, -0.2) is 4.79 Å². The molecule has 0 fully saturated rings. The number of aryl methyl sites for hydroxylation is 2. The van der Waals surface area contributed by atoms with Crippen LogP contribution in [0.3, 0.4) is 0 Å². The predicted molar refractivity (Wildman–Crippen MR) is 79.7 cm³/mol. The van der Waals surface area contributed by atoms with Crippen molar-refractivity contribution in [1.82, 2.24) is 4.57 Å². The van der Waals surface area contributed by atoms with Crippen LogP contribution in [0, 0.1) is 13.8 Å². The number of aromatic carboxylic acids is 1. The molecule has 0 aliphatic carbocycles. The number of rotatable bonds is 2. The van der Waals surface area contributed by atoms with Crippen LogP contribution in [0.4, 0.5) is 0 Å². The van der Waals surface area contributed by atoms with E-state index in [-0.39, 0.29) is 0 Å². The molecule has 0 saturated heterocycles. The summed E-state index contributed by atoms with van der Waals surface area (Å²) in [5.41, 5.74) is 4.46. The Morgan fingerprint density at radius 1 is 1.00 bits per heavy atom. The van der Waals surface area contributed by atoms with Gasteiger partial charge in [0.2, 0.25) is 0 Å². The highest BCUT2D eigenvalue weighted by Gasteiger charge is 2.14. The summed E-state index contributed by atoms with van der Waals surface area (Å²) < 4.78 is 1.93. The molecule has 0 radical (unpaired) electrons. The highest BCUT2D eigenvalue weighted by molar-refractivity contribution is 6.04. The summed E-state index contributed by atoms with van der Waals surface area (Å²) >= 11 is 0. The van der Waals surface area contributed by atoms with E-state index >= 15 is 0 Å². The summed E-state index contributed by atoms with van der Waals surface area (Å²) in [5.74, 6) is -0.897. The van der Waals surface area contributed by atoms with Gasteiger partial charge in [-0.05, 0) is 38.1 Å². The minimum Gasteiger partial charge on any atom is -0.478 e. The van der Waals surface area contributed by atoms with Crippen LogP contribution in [-0.4, -0.2) is 15.6 Å². The number of fused-ring (bicyclic) bond motifs is 1. The van der Waals surface area contributed by atoms with Gasteiger partial charge in [-0.2, -0.15) is 0 Å². The highest BCUT2D eigenvalue weighted by Crippen LogP contribution is 2.26. The van der Waals surface area contributed by atoms with Gasteiger partial charge in [0.15, 0.2) is 0 Å². The van der Waals surface area contributed by atoms with Crippen LogP contribution < -0.4 is 0 Å². The average Bonchev–Trinajstić information content (AvgIpc) is 2.78. The molecule has 3 nitrogen and oxygen atoms in total. The highest BCUT2D eigenvalue weighted by atomic mass is 16.4. The lowest BCUT2D eigenvalue weighted by Gasteiger charge is -2.05. The molecule has 3 rings (SSSR count). The Balaban J connectivity index is 2.31. The number of aromatic nitrogens is 1. The van der Waals surface area contributed by atoms with E-state index in [4.69, 9.17) is 0 Å². The molecule has 0 atom stereocenters. The molecule has 0 unspecified atom stereocenters. The molecule has 0 aliphatic rings. The predicted octanol–water partition coefficient (Wildman–Crippen LogP) is 3.95. The molecule has 3 aromatic rings. The van der Waals surface area contributed by atoms with Crippen LogP contribution in [0.2, 0.25) is 0 Å². The zero-order valence-electron chi connectivity index (χ0n) is 11.4. The number of benzene rings is 2. The third kappa shape index (κ3) is 1.97. The molecule has 0 saturated carbocycles. The van der Waals surface area contributed by atoms with Gasteiger partial charge in [0.25, 0.3) is 0 Å². The molecule has 0 amide bonds. The second-order valence-electron chi connectivity index (χ2n) is 5.07. The Hall–Kier alpha value is -2.55. The van der Waals surface area contributed by atoms with E-state index in [1.165, 1.54) is 5.56 Å². The minimum atomic E-state index is -0.897. The maximum absolute atomic E-state index is 11.4. The summed E-state index contributed by atoms with van der Waals surface area (Å²) in [7, 11) is 0. The second kappa shape index (κ2) is 4.53. The van der Waals surface area contributed by atoms with Crippen LogP contribution in [0.5, 0.6) is 0 Å². The third-order valence-corrected chi connectivity index (χ3v) is 3.50. The van der Waals surface area contributed by atoms with Crippen molar-refractivity contribution in [1.29, 1.82) is 0 Å². The van der Waals surface area contributed by atoms with E-state index in [1.807, 2.05) is 60.9 Å². The van der Waals surface area contributed by atoms with Crippen LogP contribution in [-0.2, 0) is 0 Å². The van der Waals surface area contributed by atoms with E-state index in [1.54, 1.807) is 6.20 Å². The standard InChI is InChI=1S/C17H15NO2/c1-11-3-6-13(7-4-11)18-10-15(17(19)20)14-9-12(2)5-8-16(14)18/h3-10H,1-2H3,(H,19,20). The Morgan fingerprint density at radius 3 is 2.30 bits per heavy atom. The summed E-state index contributed by atoms with van der Waals surface area (Å²) in [6.07, 6.45) is 1.69. The van der Waals surface area contributed by atoms with Gasteiger partial charge in [-0.1, -0.05) is 29.3 Å². The van der Waals surface area contributed by atoms with Gasteiger partial charge in [0.1, 0.15) is 0 Å². The molecule has 20 heavy (non-hydrogen) atoms. The monoisotopic (exact) mass is 265 g/mol. The first-order valence-electron chi connectivity index (χ1n) is 6.48. The fourth-order valence-electron chi connectivity index (χ4n) is 2.43. The SMILES string of the molecule is Cc1ccc(-n2cc(C(=O)O)c3cc(C)ccc32)cc1. The van der Waals surface area contributed by atoms with Crippen molar-refractivity contribution in [2.75, 3.05) is 0 Å². The quantitative estimate of drug-likeness (QED) is 0.762. The van der Waals surface area contributed by atoms with Crippen molar-refractivity contribution in [2.24, 2.45) is 0 Å². The second-order valence-corrected chi connectivity index (χ2v) is 5.07. The summed E-state index contributed by atoms with van der Waals surface area (Å²) in [5, 5.41) is 10.1. The van der Waals surface area contributed by atoms with Crippen LogP contribution >= 0.6 is 0 Å². The Kier molecular flexibility index (Phi) is 2.83. The lowest BCUT2D eigenvalue weighted by molar-refractivity contribution is 0.0699. The van der Waals surface area contributed by atoms with Crippen LogP contribution in [0.1, 0.15) is 21.5 Å². The Labute approximate surface area is 117 Å². The Bertz CT molecular complexity index is 798. The lowest BCUT2D eigenvalue weighted by atomic mass is 10.1. The first-order valence-corrected chi connectivity index (χ1v) is 6.48. The molecule has 0 spiro atoms. The fraction of sp³-hybridized carbons (Fsp3) is 0.118. The largest absolute Gasteiger partial charge is 0.478 e.